The van der Waals surface area contributed by atoms with Crippen LogP contribution in [0.4, 0.5) is 11.4 Å². The van der Waals surface area contributed by atoms with E-state index in [1.165, 1.54) is 0 Å². The molecule has 0 bridgehead atoms. The van der Waals surface area contributed by atoms with Crippen molar-refractivity contribution in [2.45, 2.75) is 6.92 Å². The van der Waals surface area contributed by atoms with Crippen LogP contribution in [0.5, 0.6) is 11.5 Å². The SMILES string of the molecule is Cc1nc2cc(Oc3cccc(N(C)C)c3)c(N)cc2s1. The van der Waals surface area contributed by atoms with E-state index < -0.39 is 0 Å². The van der Waals surface area contributed by atoms with E-state index in [1.807, 2.05) is 62.3 Å². The van der Waals surface area contributed by atoms with E-state index in [0.29, 0.717) is 11.4 Å². The average molecular weight is 299 g/mol. The number of hydrogen-bond donors (Lipinski definition) is 1. The Balaban J connectivity index is 1.97. The highest BCUT2D eigenvalue weighted by molar-refractivity contribution is 7.18. The molecular formula is C16H17N3OS. The monoisotopic (exact) mass is 299 g/mol. The van der Waals surface area contributed by atoms with Crippen LogP contribution in [0.25, 0.3) is 10.2 Å². The molecule has 0 spiro atoms. The van der Waals surface area contributed by atoms with Crippen molar-refractivity contribution >= 4 is 32.9 Å². The fourth-order valence-corrected chi connectivity index (χ4v) is 2.98. The van der Waals surface area contributed by atoms with Crippen molar-refractivity contribution in [1.29, 1.82) is 0 Å². The second-order valence-corrected chi connectivity index (χ2v) is 6.32. The number of nitrogens with two attached hydrogens (primary N) is 1. The number of thiazole rings is 1. The summed E-state index contributed by atoms with van der Waals surface area (Å²) in [6.45, 7) is 1.99. The van der Waals surface area contributed by atoms with Crippen LogP contribution in [0, 0.1) is 6.92 Å². The predicted octanol–water partition coefficient (Wildman–Crippen LogP) is 4.05. The molecule has 0 radical (unpaired) electrons. The second-order valence-electron chi connectivity index (χ2n) is 5.08. The first-order valence-corrected chi connectivity index (χ1v) is 7.46. The molecule has 0 unspecified atom stereocenters. The number of anilines is 2. The summed E-state index contributed by atoms with van der Waals surface area (Å²) in [6.07, 6.45) is 0. The molecule has 0 aliphatic carbocycles. The van der Waals surface area contributed by atoms with Crippen LogP contribution < -0.4 is 15.4 Å². The molecule has 4 nitrogen and oxygen atoms in total. The van der Waals surface area contributed by atoms with Crippen molar-refractivity contribution in [3.63, 3.8) is 0 Å². The maximum atomic E-state index is 6.09. The van der Waals surface area contributed by atoms with Crippen molar-refractivity contribution in [3.05, 3.63) is 41.4 Å². The van der Waals surface area contributed by atoms with Crippen LogP contribution >= 0.6 is 11.3 Å². The first kappa shape index (κ1) is 13.7. The molecule has 1 aromatic heterocycles. The van der Waals surface area contributed by atoms with Crippen molar-refractivity contribution < 1.29 is 4.74 Å². The zero-order chi connectivity index (χ0) is 15.0. The lowest BCUT2D eigenvalue weighted by atomic mass is 10.2. The van der Waals surface area contributed by atoms with Crippen LogP contribution in [-0.4, -0.2) is 19.1 Å². The van der Waals surface area contributed by atoms with Gasteiger partial charge in [0.2, 0.25) is 0 Å². The van der Waals surface area contributed by atoms with Gasteiger partial charge in [-0.05, 0) is 25.1 Å². The minimum atomic E-state index is 0.626. The standard InChI is InChI=1S/C16H17N3OS/c1-10-18-14-9-15(13(17)8-16(14)21-10)20-12-6-4-5-11(7-12)19(2)3/h4-9H,17H2,1-3H3. The number of ether oxygens (including phenoxy) is 1. The normalized spacial score (nSPS) is 10.8. The Morgan fingerprint density at radius 3 is 2.76 bits per heavy atom. The van der Waals surface area contributed by atoms with Gasteiger partial charge in [0.15, 0.2) is 5.75 Å². The third-order valence-electron chi connectivity index (χ3n) is 3.19. The molecule has 0 atom stereocenters. The van der Waals surface area contributed by atoms with E-state index in [0.717, 1.165) is 26.7 Å². The van der Waals surface area contributed by atoms with Gasteiger partial charge < -0.3 is 15.4 Å². The van der Waals surface area contributed by atoms with Gasteiger partial charge in [-0.15, -0.1) is 11.3 Å². The summed E-state index contributed by atoms with van der Waals surface area (Å²) in [4.78, 5) is 6.51. The van der Waals surface area contributed by atoms with E-state index in [9.17, 15) is 0 Å². The molecule has 108 valence electrons. The summed E-state index contributed by atoms with van der Waals surface area (Å²) in [6, 6.07) is 11.7. The Kier molecular flexibility index (Phi) is 3.43. The largest absolute Gasteiger partial charge is 0.455 e. The van der Waals surface area contributed by atoms with Gasteiger partial charge >= 0.3 is 0 Å². The van der Waals surface area contributed by atoms with Gasteiger partial charge in [0, 0.05) is 31.9 Å². The highest BCUT2D eigenvalue weighted by Crippen LogP contribution is 2.34. The van der Waals surface area contributed by atoms with Gasteiger partial charge in [-0.1, -0.05) is 6.07 Å². The van der Waals surface area contributed by atoms with E-state index in [4.69, 9.17) is 10.5 Å². The predicted molar refractivity (Wildman–Crippen MR) is 89.6 cm³/mol. The molecule has 21 heavy (non-hydrogen) atoms. The molecule has 0 fully saturated rings. The van der Waals surface area contributed by atoms with Crippen LogP contribution in [0.2, 0.25) is 0 Å². The lowest BCUT2D eigenvalue weighted by Gasteiger charge is -2.14. The number of aromatic nitrogens is 1. The Labute approximate surface area is 127 Å². The lowest BCUT2D eigenvalue weighted by Crippen LogP contribution is -2.08. The van der Waals surface area contributed by atoms with Crippen LogP contribution in [0.3, 0.4) is 0 Å². The maximum absolute atomic E-state index is 6.09. The topological polar surface area (TPSA) is 51.4 Å². The fraction of sp³-hybridized carbons (Fsp3) is 0.188. The van der Waals surface area contributed by atoms with E-state index >= 15 is 0 Å². The van der Waals surface area contributed by atoms with Crippen molar-refractivity contribution in [3.8, 4) is 11.5 Å². The Morgan fingerprint density at radius 2 is 2.00 bits per heavy atom. The second kappa shape index (κ2) is 5.26. The first-order chi connectivity index (χ1) is 10.0. The molecule has 3 aromatic rings. The van der Waals surface area contributed by atoms with Crippen LogP contribution in [0.1, 0.15) is 5.01 Å². The molecule has 0 amide bonds. The van der Waals surface area contributed by atoms with Crippen molar-refractivity contribution in [1.82, 2.24) is 4.98 Å². The highest BCUT2D eigenvalue weighted by atomic mass is 32.1. The van der Waals surface area contributed by atoms with Gasteiger partial charge in [-0.3, -0.25) is 0 Å². The summed E-state index contributed by atoms with van der Waals surface area (Å²) in [5.74, 6) is 1.41. The molecule has 0 aliphatic heterocycles. The number of fused-ring (bicyclic) bond motifs is 1. The number of rotatable bonds is 3. The fourth-order valence-electron chi connectivity index (χ4n) is 2.13. The Hall–Kier alpha value is -2.27. The number of benzene rings is 2. The van der Waals surface area contributed by atoms with Gasteiger partial charge in [-0.25, -0.2) is 4.98 Å². The zero-order valence-corrected chi connectivity index (χ0v) is 13.1. The number of nitrogen functional groups attached to an aromatic ring is 1. The van der Waals surface area contributed by atoms with E-state index in [1.54, 1.807) is 11.3 Å². The Bertz CT molecular complexity index is 795. The van der Waals surface area contributed by atoms with Crippen molar-refractivity contribution in [2.75, 3.05) is 24.7 Å². The molecule has 2 N–H and O–H groups in total. The van der Waals surface area contributed by atoms with Gasteiger partial charge in [0.1, 0.15) is 5.75 Å². The molecule has 3 rings (SSSR count). The first-order valence-electron chi connectivity index (χ1n) is 6.65. The third kappa shape index (κ3) is 2.78. The number of aryl methyl sites for hydroxylation is 1. The van der Waals surface area contributed by atoms with Crippen molar-refractivity contribution in [2.24, 2.45) is 0 Å². The van der Waals surface area contributed by atoms with Crippen LogP contribution in [0.15, 0.2) is 36.4 Å². The summed E-state index contributed by atoms with van der Waals surface area (Å²) < 4.78 is 7.01. The summed E-state index contributed by atoms with van der Waals surface area (Å²) in [7, 11) is 4.00. The van der Waals surface area contributed by atoms with Crippen LogP contribution in [-0.2, 0) is 0 Å². The van der Waals surface area contributed by atoms with Gasteiger partial charge in [0.25, 0.3) is 0 Å². The number of nitrogens with zero attached hydrogens (tertiary/aromatic N) is 2. The van der Waals surface area contributed by atoms with E-state index in [2.05, 4.69) is 4.98 Å². The molecule has 0 aliphatic rings. The summed E-state index contributed by atoms with van der Waals surface area (Å²) in [5.41, 5.74) is 8.71. The van der Waals surface area contributed by atoms with E-state index in [-0.39, 0.29) is 0 Å². The third-order valence-corrected chi connectivity index (χ3v) is 4.12. The molecule has 1 heterocycles. The quantitative estimate of drug-likeness (QED) is 0.741. The molecule has 0 saturated heterocycles. The molecule has 0 saturated carbocycles. The number of hydrogen-bond acceptors (Lipinski definition) is 5. The lowest BCUT2D eigenvalue weighted by molar-refractivity contribution is 0.486. The van der Waals surface area contributed by atoms with Gasteiger partial charge in [0.05, 0.1) is 20.9 Å². The maximum Gasteiger partial charge on any atom is 0.152 e. The smallest absolute Gasteiger partial charge is 0.152 e. The zero-order valence-electron chi connectivity index (χ0n) is 12.3. The minimum absolute atomic E-state index is 0.626. The minimum Gasteiger partial charge on any atom is -0.455 e. The summed E-state index contributed by atoms with van der Waals surface area (Å²) >= 11 is 1.63. The highest BCUT2D eigenvalue weighted by Gasteiger charge is 2.09. The molecule has 2 aromatic carbocycles. The Morgan fingerprint density at radius 1 is 1.19 bits per heavy atom. The molecular weight excluding hydrogens is 282 g/mol. The van der Waals surface area contributed by atoms with Gasteiger partial charge in [-0.2, -0.15) is 0 Å². The molecule has 5 heteroatoms. The average Bonchev–Trinajstić information content (AvgIpc) is 2.78. The summed E-state index contributed by atoms with van der Waals surface area (Å²) in [5, 5.41) is 1.02.